The van der Waals surface area contributed by atoms with Gasteiger partial charge in [-0.25, -0.2) is 4.79 Å². The maximum absolute atomic E-state index is 12.5. The van der Waals surface area contributed by atoms with Crippen LogP contribution in [0.1, 0.15) is 18.5 Å². The van der Waals surface area contributed by atoms with Crippen molar-refractivity contribution >= 4 is 29.5 Å². The quantitative estimate of drug-likeness (QED) is 0.382. The highest BCUT2D eigenvalue weighted by Gasteiger charge is 2.54. The summed E-state index contributed by atoms with van der Waals surface area (Å²) in [6.07, 6.45) is 3.39. The van der Waals surface area contributed by atoms with Crippen LogP contribution in [0.15, 0.2) is 47.7 Å². The number of rotatable bonds is 5. The number of carbonyl (C=O) groups is 3. The highest BCUT2D eigenvalue weighted by molar-refractivity contribution is 8.00. The van der Waals surface area contributed by atoms with E-state index in [0.29, 0.717) is 16.9 Å². The summed E-state index contributed by atoms with van der Waals surface area (Å²) in [4.78, 5) is 37.7. The lowest BCUT2D eigenvalue weighted by molar-refractivity contribution is -0.150. The van der Waals surface area contributed by atoms with E-state index >= 15 is 0 Å². The van der Waals surface area contributed by atoms with Gasteiger partial charge in [-0.05, 0) is 30.2 Å². The van der Waals surface area contributed by atoms with Crippen molar-refractivity contribution in [1.29, 1.82) is 0 Å². The standard InChI is InChI=1S/C18H19N3O5S.3H2O/c1-2-3-10-8-27-17-13(16(24)21(17)14(10)18(25)26)20-15(23)12(19)9-4-6-11(22)7-5-9;;;/h2-7,12-13,17,22H,8,19H2,1H3,(H,20,23)(H,25,26);3*1H2/b3-2+;;;/t12-,13-,17-;;;/m1.../s1. The van der Waals surface area contributed by atoms with Crippen molar-refractivity contribution in [3.05, 3.63) is 53.3 Å². The number of aromatic hydroxyl groups is 1. The molecular formula is C18H25N3O8S. The number of hydrogen-bond donors (Lipinski definition) is 4. The lowest BCUT2D eigenvalue weighted by atomic mass is 10.0. The average molecular weight is 443 g/mol. The number of allylic oxidation sites excluding steroid dienone is 2. The molecule has 166 valence electrons. The van der Waals surface area contributed by atoms with Gasteiger partial charge in [0, 0.05) is 5.75 Å². The van der Waals surface area contributed by atoms with Crippen LogP contribution in [0, 0.1) is 0 Å². The number of phenolic OH excluding ortho intramolecular Hbond substituents is 1. The molecule has 30 heavy (non-hydrogen) atoms. The first-order valence-corrected chi connectivity index (χ1v) is 9.28. The summed E-state index contributed by atoms with van der Waals surface area (Å²) in [5.74, 6) is -1.71. The molecule has 2 aliphatic heterocycles. The number of β-lactam (4-membered cyclic amide) rings is 1. The van der Waals surface area contributed by atoms with Gasteiger partial charge < -0.3 is 37.7 Å². The molecule has 0 saturated carbocycles. The van der Waals surface area contributed by atoms with E-state index in [-0.39, 0.29) is 27.9 Å². The minimum atomic E-state index is -1.17. The van der Waals surface area contributed by atoms with Crippen LogP contribution in [0.25, 0.3) is 0 Å². The Balaban J connectivity index is 0.00000280. The molecule has 0 aromatic heterocycles. The van der Waals surface area contributed by atoms with E-state index in [9.17, 15) is 24.6 Å². The Labute approximate surface area is 176 Å². The van der Waals surface area contributed by atoms with Crippen LogP contribution in [0.5, 0.6) is 5.75 Å². The topological polar surface area (TPSA) is 227 Å². The van der Waals surface area contributed by atoms with Crippen molar-refractivity contribution in [1.82, 2.24) is 10.2 Å². The zero-order chi connectivity index (χ0) is 19.7. The summed E-state index contributed by atoms with van der Waals surface area (Å²) in [6.45, 7) is 1.77. The van der Waals surface area contributed by atoms with Crippen LogP contribution in [0.4, 0.5) is 0 Å². The number of nitrogens with zero attached hydrogens (tertiary/aromatic N) is 1. The number of fused-ring (bicyclic) bond motifs is 1. The van der Waals surface area contributed by atoms with Gasteiger partial charge in [0.1, 0.15) is 28.9 Å². The Morgan fingerprint density at radius 1 is 1.27 bits per heavy atom. The monoisotopic (exact) mass is 443 g/mol. The van der Waals surface area contributed by atoms with Crippen LogP contribution in [0.3, 0.4) is 0 Å². The Morgan fingerprint density at radius 2 is 1.87 bits per heavy atom. The van der Waals surface area contributed by atoms with E-state index in [2.05, 4.69) is 5.32 Å². The molecule has 11 N–H and O–H groups in total. The molecule has 0 bridgehead atoms. The second-order valence-corrected chi connectivity index (χ2v) is 7.25. The largest absolute Gasteiger partial charge is 0.508 e. The van der Waals surface area contributed by atoms with Crippen molar-refractivity contribution < 1.29 is 41.0 Å². The number of hydrogen-bond acceptors (Lipinski definition) is 6. The Morgan fingerprint density at radius 3 is 2.40 bits per heavy atom. The fraction of sp³-hybridized carbons (Fsp3) is 0.278. The first-order valence-electron chi connectivity index (χ1n) is 8.24. The van der Waals surface area contributed by atoms with E-state index in [1.807, 2.05) is 0 Å². The van der Waals surface area contributed by atoms with Gasteiger partial charge in [-0.1, -0.05) is 24.3 Å². The van der Waals surface area contributed by atoms with Crippen LogP contribution < -0.4 is 11.1 Å². The van der Waals surface area contributed by atoms with Crippen LogP contribution >= 0.6 is 11.8 Å². The second-order valence-electron chi connectivity index (χ2n) is 6.14. The van der Waals surface area contributed by atoms with E-state index in [1.165, 1.54) is 40.9 Å². The van der Waals surface area contributed by atoms with Gasteiger partial charge in [-0.2, -0.15) is 0 Å². The third kappa shape index (κ3) is 4.80. The van der Waals surface area contributed by atoms with E-state index < -0.39 is 35.2 Å². The molecule has 1 saturated heterocycles. The van der Waals surface area contributed by atoms with E-state index in [0.717, 1.165) is 0 Å². The lowest BCUT2D eigenvalue weighted by Gasteiger charge is -2.49. The summed E-state index contributed by atoms with van der Waals surface area (Å²) in [7, 11) is 0. The molecule has 0 unspecified atom stereocenters. The molecule has 12 heteroatoms. The number of aliphatic carboxylic acids is 1. The minimum Gasteiger partial charge on any atom is -0.508 e. The number of carboxylic acid groups (broad SMARTS) is 1. The number of nitrogens with one attached hydrogen (secondary N) is 1. The third-order valence-corrected chi connectivity index (χ3v) is 5.70. The highest BCUT2D eigenvalue weighted by atomic mass is 32.2. The minimum absolute atomic E-state index is 0. The Hall–Kier alpha value is -2.90. The second kappa shape index (κ2) is 10.8. The molecule has 3 atom stereocenters. The van der Waals surface area contributed by atoms with Gasteiger partial charge in [0.15, 0.2) is 0 Å². The smallest absolute Gasteiger partial charge is 0.352 e. The van der Waals surface area contributed by atoms with E-state index in [4.69, 9.17) is 5.73 Å². The zero-order valence-electron chi connectivity index (χ0n) is 16.0. The number of nitrogens with two attached hydrogens (primary N) is 1. The van der Waals surface area contributed by atoms with Crippen molar-refractivity contribution in [3.63, 3.8) is 0 Å². The fourth-order valence-electron chi connectivity index (χ4n) is 3.05. The van der Waals surface area contributed by atoms with Crippen LogP contribution in [-0.4, -0.2) is 66.5 Å². The predicted octanol–water partition coefficient (Wildman–Crippen LogP) is -1.77. The highest BCUT2D eigenvalue weighted by Crippen LogP contribution is 2.40. The lowest BCUT2D eigenvalue weighted by Crippen LogP contribution is -2.71. The number of benzene rings is 1. The summed E-state index contributed by atoms with van der Waals surface area (Å²) < 4.78 is 0. The van der Waals surface area contributed by atoms with Crippen LogP contribution in [-0.2, 0) is 14.4 Å². The van der Waals surface area contributed by atoms with Crippen molar-refractivity contribution in [3.8, 4) is 5.75 Å². The molecule has 3 rings (SSSR count). The molecule has 11 nitrogen and oxygen atoms in total. The molecule has 0 aliphatic carbocycles. The SMILES string of the molecule is C/C=C/C1=C(C(=O)O)N2C(=O)[C@@H](NC(=O)[C@H](N)c3ccc(O)cc3)[C@H]2SC1.O.O.O. The number of carbonyl (C=O) groups excluding carboxylic acids is 2. The maximum Gasteiger partial charge on any atom is 0.352 e. The number of amides is 2. The summed E-state index contributed by atoms with van der Waals surface area (Å²) in [6, 6.07) is 4.06. The number of thioether (sulfide) groups is 1. The van der Waals surface area contributed by atoms with Crippen LogP contribution in [0.2, 0.25) is 0 Å². The van der Waals surface area contributed by atoms with Gasteiger partial charge in [-0.3, -0.25) is 14.5 Å². The maximum atomic E-state index is 12.5. The molecule has 1 fully saturated rings. The molecule has 2 amide bonds. The van der Waals surface area contributed by atoms with E-state index in [1.54, 1.807) is 19.1 Å². The first-order chi connectivity index (χ1) is 12.8. The summed E-state index contributed by atoms with van der Waals surface area (Å²) in [5, 5.41) is 20.9. The normalized spacial score (nSPS) is 20.7. The van der Waals surface area contributed by atoms with Crippen molar-refractivity contribution in [2.24, 2.45) is 5.73 Å². The Bertz CT molecular complexity index is 855. The molecular weight excluding hydrogens is 418 g/mol. The number of phenols is 1. The number of carboxylic acids is 1. The third-order valence-electron chi connectivity index (χ3n) is 4.40. The molecule has 1 aromatic rings. The van der Waals surface area contributed by atoms with Crippen molar-refractivity contribution in [2.75, 3.05) is 5.75 Å². The average Bonchev–Trinajstić information content (AvgIpc) is 2.65. The summed E-state index contributed by atoms with van der Waals surface area (Å²) in [5.41, 5.74) is 6.93. The summed E-state index contributed by atoms with van der Waals surface area (Å²) >= 11 is 1.39. The first kappa shape index (κ1) is 27.1. The Kier molecular flexibility index (Phi) is 9.72. The molecule has 2 heterocycles. The molecule has 0 radical (unpaired) electrons. The molecule has 2 aliphatic rings. The van der Waals surface area contributed by atoms with Gasteiger partial charge in [0.25, 0.3) is 5.91 Å². The molecule has 0 spiro atoms. The van der Waals surface area contributed by atoms with Gasteiger partial charge in [0.05, 0.1) is 0 Å². The fourth-order valence-corrected chi connectivity index (χ4v) is 4.37. The van der Waals surface area contributed by atoms with Crippen molar-refractivity contribution in [2.45, 2.75) is 24.4 Å². The van der Waals surface area contributed by atoms with Gasteiger partial charge in [-0.15, -0.1) is 11.8 Å². The van der Waals surface area contributed by atoms with Gasteiger partial charge in [0.2, 0.25) is 5.91 Å². The predicted molar refractivity (Wildman–Crippen MR) is 110 cm³/mol. The van der Waals surface area contributed by atoms with Gasteiger partial charge >= 0.3 is 5.97 Å². The molecule has 1 aromatic carbocycles. The zero-order valence-corrected chi connectivity index (χ0v) is 16.8.